The molecule has 1 aliphatic heterocycles. The third-order valence-corrected chi connectivity index (χ3v) is 5.44. The lowest BCUT2D eigenvalue weighted by Gasteiger charge is -2.39. The molecule has 0 radical (unpaired) electrons. The van der Waals surface area contributed by atoms with Gasteiger partial charge in [-0.05, 0) is 62.8 Å². The summed E-state index contributed by atoms with van der Waals surface area (Å²) in [5.41, 5.74) is 2.39. The largest absolute Gasteiger partial charge is 0.334 e. The molecule has 0 unspecified atom stereocenters. The third kappa shape index (κ3) is 5.86. The minimum absolute atomic E-state index is 0.0246. The first-order valence-electron chi connectivity index (χ1n) is 10.1. The van der Waals surface area contributed by atoms with Gasteiger partial charge < -0.3 is 9.80 Å². The number of amides is 1. The molecular weight excluding hydrogens is 362 g/mol. The lowest BCUT2D eigenvalue weighted by Crippen LogP contribution is -2.49. The van der Waals surface area contributed by atoms with Crippen molar-refractivity contribution in [3.05, 3.63) is 65.5 Å². The van der Waals surface area contributed by atoms with Gasteiger partial charge in [0.2, 0.25) is 0 Å². The van der Waals surface area contributed by atoms with Gasteiger partial charge in [-0.1, -0.05) is 6.07 Å². The van der Waals surface area contributed by atoms with E-state index in [1.54, 1.807) is 18.2 Å². The topological polar surface area (TPSA) is 63.5 Å². The summed E-state index contributed by atoms with van der Waals surface area (Å²) >= 11 is 0. The van der Waals surface area contributed by atoms with E-state index in [-0.39, 0.29) is 11.9 Å². The normalized spacial score (nSPS) is 15.2. The molecule has 0 spiro atoms. The first-order valence-corrected chi connectivity index (χ1v) is 10.1. The minimum atomic E-state index is 0.0246. The van der Waals surface area contributed by atoms with Crippen LogP contribution in [0.4, 0.5) is 0 Å². The summed E-state index contributed by atoms with van der Waals surface area (Å²) in [6.45, 7) is 4.37. The van der Waals surface area contributed by atoms with Crippen molar-refractivity contribution in [1.82, 2.24) is 19.7 Å². The van der Waals surface area contributed by atoms with Crippen molar-refractivity contribution in [2.24, 2.45) is 0 Å². The molecule has 0 aliphatic carbocycles. The molecule has 1 fully saturated rings. The maximum atomic E-state index is 13.3. The van der Waals surface area contributed by atoms with Gasteiger partial charge in [0.05, 0.1) is 11.6 Å². The minimum Gasteiger partial charge on any atom is -0.334 e. The Balaban J connectivity index is 1.67. The highest BCUT2D eigenvalue weighted by atomic mass is 16.2. The second kappa shape index (κ2) is 10.1. The number of benzene rings is 1. The van der Waals surface area contributed by atoms with E-state index in [1.165, 1.54) is 5.56 Å². The van der Waals surface area contributed by atoms with Crippen molar-refractivity contribution in [3.8, 4) is 6.07 Å². The molecule has 152 valence electrons. The number of aromatic nitrogens is 1. The van der Waals surface area contributed by atoms with Crippen LogP contribution < -0.4 is 0 Å². The fourth-order valence-corrected chi connectivity index (χ4v) is 3.78. The number of likely N-dealkylation sites (N-methyl/N-ethyl adjacent to an activating group) is 1. The van der Waals surface area contributed by atoms with Crippen LogP contribution >= 0.6 is 0 Å². The highest BCUT2D eigenvalue weighted by Gasteiger charge is 2.28. The molecule has 1 aromatic carbocycles. The molecule has 1 aliphatic rings. The Morgan fingerprint density at radius 2 is 1.90 bits per heavy atom. The van der Waals surface area contributed by atoms with E-state index in [1.807, 2.05) is 37.5 Å². The molecule has 2 aromatic rings. The van der Waals surface area contributed by atoms with Crippen molar-refractivity contribution >= 4 is 5.91 Å². The summed E-state index contributed by atoms with van der Waals surface area (Å²) in [7, 11) is 4.05. The number of pyridine rings is 1. The van der Waals surface area contributed by atoms with Crippen LogP contribution in [0.3, 0.4) is 0 Å². The van der Waals surface area contributed by atoms with Crippen LogP contribution in [0.5, 0.6) is 0 Å². The quantitative estimate of drug-likeness (QED) is 0.726. The maximum Gasteiger partial charge on any atom is 0.254 e. The van der Waals surface area contributed by atoms with Crippen molar-refractivity contribution in [2.75, 3.05) is 40.3 Å². The van der Waals surface area contributed by atoms with E-state index in [9.17, 15) is 4.79 Å². The molecule has 1 aromatic heterocycles. The first-order chi connectivity index (χ1) is 14.1. The van der Waals surface area contributed by atoms with E-state index < -0.39 is 0 Å². The molecule has 0 bridgehead atoms. The van der Waals surface area contributed by atoms with Gasteiger partial charge in [0.25, 0.3) is 5.91 Å². The van der Waals surface area contributed by atoms with Gasteiger partial charge in [-0.15, -0.1) is 0 Å². The van der Waals surface area contributed by atoms with Crippen LogP contribution in [-0.2, 0) is 6.54 Å². The van der Waals surface area contributed by atoms with Gasteiger partial charge >= 0.3 is 0 Å². The third-order valence-electron chi connectivity index (χ3n) is 5.44. The van der Waals surface area contributed by atoms with Crippen LogP contribution in [0, 0.1) is 11.3 Å². The van der Waals surface area contributed by atoms with Crippen molar-refractivity contribution in [2.45, 2.75) is 25.4 Å². The number of nitrogens with zero attached hydrogens (tertiary/aromatic N) is 5. The first kappa shape index (κ1) is 21.0. The Bertz CT molecular complexity index is 838. The number of carbonyl (C=O) groups is 1. The highest BCUT2D eigenvalue weighted by Crippen LogP contribution is 2.21. The van der Waals surface area contributed by atoms with Crippen LogP contribution in [0.1, 0.15) is 34.3 Å². The van der Waals surface area contributed by atoms with E-state index in [2.05, 4.69) is 33.0 Å². The molecule has 0 N–H and O–H groups in total. The van der Waals surface area contributed by atoms with Crippen LogP contribution in [0.15, 0.2) is 48.8 Å². The van der Waals surface area contributed by atoms with Gasteiger partial charge in [-0.25, -0.2) is 0 Å². The van der Waals surface area contributed by atoms with E-state index in [0.717, 1.165) is 39.0 Å². The summed E-state index contributed by atoms with van der Waals surface area (Å²) in [5.74, 6) is 0.0246. The van der Waals surface area contributed by atoms with Gasteiger partial charge in [-0.3, -0.25) is 14.7 Å². The second-order valence-corrected chi connectivity index (χ2v) is 7.86. The van der Waals surface area contributed by atoms with Crippen molar-refractivity contribution in [1.29, 1.82) is 5.26 Å². The zero-order valence-corrected chi connectivity index (χ0v) is 17.3. The molecule has 1 saturated heterocycles. The Hall–Kier alpha value is -2.75. The SMILES string of the molecule is CN(C)CCN(C(=O)c1cccc(C#N)c1)C1CCN(Cc2ccncc2)CC1. The molecule has 0 saturated carbocycles. The lowest BCUT2D eigenvalue weighted by atomic mass is 10.0. The number of likely N-dealkylation sites (tertiary alicyclic amines) is 1. The fourth-order valence-electron chi connectivity index (χ4n) is 3.78. The lowest BCUT2D eigenvalue weighted by molar-refractivity contribution is 0.0548. The molecule has 0 atom stereocenters. The fraction of sp³-hybridized carbons (Fsp3) is 0.435. The number of carbonyl (C=O) groups excluding carboxylic acids is 1. The Morgan fingerprint density at radius 1 is 1.17 bits per heavy atom. The molecular formula is C23H29N5O. The summed E-state index contributed by atoms with van der Waals surface area (Å²) in [6, 6.07) is 13.5. The smallest absolute Gasteiger partial charge is 0.254 e. The highest BCUT2D eigenvalue weighted by molar-refractivity contribution is 5.94. The summed E-state index contributed by atoms with van der Waals surface area (Å²) in [6.07, 6.45) is 5.59. The Kier molecular flexibility index (Phi) is 7.34. The van der Waals surface area contributed by atoms with Gasteiger partial charge in [0, 0.05) is 56.7 Å². The predicted octanol–water partition coefficient (Wildman–Crippen LogP) is 2.62. The predicted molar refractivity (Wildman–Crippen MR) is 113 cm³/mol. The monoisotopic (exact) mass is 391 g/mol. The van der Waals surface area contributed by atoms with Crippen LogP contribution in [0.25, 0.3) is 0 Å². The molecule has 6 heteroatoms. The molecule has 3 rings (SSSR count). The van der Waals surface area contributed by atoms with Crippen LogP contribution in [-0.4, -0.2) is 71.9 Å². The van der Waals surface area contributed by atoms with Gasteiger partial charge in [0.1, 0.15) is 0 Å². The molecule has 1 amide bonds. The summed E-state index contributed by atoms with van der Waals surface area (Å²) < 4.78 is 0. The Morgan fingerprint density at radius 3 is 2.55 bits per heavy atom. The van der Waals surface area contributed by atoms with Crippen LogP contribution in [0.2, 0.25) is 0 Å². The number of hydrogen-bond donors (Lipinski definition) is 0. The number of rotatable bonds is 7. The summed E-state index contributed by atoms with van der Waals surface area (Å²) in [5, 5.41) is 9.17. The van der Waals surface area contributed by atoms with Crippen molar-refractivity contribution < 1.29 is 4.79 Å². The molecule has 2 heterocycles. The van der Waals surface area contributed by atoms with E-state index >= 15 is 0 Å². The van der Waals surface area contributed by atoms with Gasteiger partial charge in [-0.2, -0.15) is 5.26 Å². The van der Waals surface area contributed by atoms with E-state index in [0.29, 0.717) is 17.7 Å². The average molecular weight is 392 g/mol. The number of piperidine rings is 1. The van der Waals surface area contributed by atoms with E-state index in [4.69, 9.17) is 5.26 Å². The zero-order valence-electron chi connectivity index (χ0n) is 17.3. The second-order valence-electron chi connectivity index (χ2n) is 7.86. The molecule has 29 heavy (non-hydrogen) atoms. The maximum absolute atomic E-state index is 13.3. The van der Waals surface area contributed by atoms with Crippen molar-refractivity contribution in [3.63, 3.8) is 0 Å². The summed E-state index contributed by atoms with van der Waals surface area (Å²) in [4.78, 5) is 23.9. The molecule has 6 nitrogen and oxygen atoms in total. The van der Waals surface area contributed by atoms with Gasteiger partial charge in [0.15, 0.2) is 0 Å². The zero-order chi connectivity index (χ0) is 20.6. The number of nitriles is 1. The Labute approximate surface area is 173 Å². The standard InChI is InChI=1S/C23H29N5O/c1-26(2)14-15-28(23(29)21-5-3-4-20(16-21)17-24)22-8-12-27(13-9-22)18-19-6-10-25-11-7-19/h3-7,10-11,16,22H,8-9,12-15,18H2,1-2H3. The number of hydrogen-bond acceptors (Lipinski definition) is 5. The average Bonchev–Trinajstić information content (AvgIpc) is 2.75.